The molecule has 1 aliphatic rings. The van der Waals surface area contributed by atoms with E-state index in [9.17, 15) is 9.90 Å². The summed E-state index contributed by atoms with van der Waals surface area (Å²) in [4.78, 5) is 11.4. The molecule has 1 unspecified atom stereocenters. The molecular weight excluding hydrogens is 276 g/mol. The third-order valence-corrected chi connectivity index (χ3v) is 4.23. The van der Waals surface area contributed by atoms with Crippen LogP contribution in [-0.2, 0) is 9.53 Å². The Balaban J connectivity index is 1.94. The summed E-state index contributed by atoms with van der Waals surface area (Å²) < 4.78 is 4.79. The highest BCUT2D eigenvalue weighted by atomic mass is 16.6. The molecule has 3 heteroatoms. The maximum Gasteiger partial charge on any atom is 0.341 e. The maximum absolute atomic E-state index is 11.4. The normalized spacial score (nSPS) is 19.9. The van der Waals surface area contributed by atoms with Gasteiger partial charge in [0.15, 0.2) is 0 Å². The number of unbranched alkanes of at least 4 members (excludes halogenated alkanes) is 11. The van der Waals surface area contributed by atoms with Crippen molar-refractivity contribution in [2.75, 3.05) is 0 Å². The molecule has 1 saturated heterocycles. The predicted octanol–water partition coefficient (Wildman–Crippen LogP) is 5.05. The van der Waals surface area contributed by atoms with Crippen LogP contribution in [0.4, 0.5) is 0 Å². The molecule has 0 spiro atoms. The zero-order chi connectivity index (χ0) is 16.2. The van der Waals surface area contributed by atoms with Gasteiger partial charge in [0, 0.05) is 0 Å². The molecule has 0 bridgehead atoms. The highest BCUT2D eigenvalue weighted by Gasteiger charge is 2.32. The van der Waals surface area contributed by atoms with Crippen LogP contribution in [0.25, 0.3) is 0 Å². The molecule has 1 aliphatic heterocycles. The highest BCUT2D eigenvalue weighted by molar-refractivity contribution is 5.93. The summed E-state index contributed by atoms with van der Waals surface area (Å²) in [6.45, 7) is 5.76. The second-order valence-corrected chi connectivity index (χ2v) is 6.24. The van der Waals surface area contributed by atoms with Crippen LogP contribution < -0.4 is 0 Å². The smallest absolute Gasteiger partial charge is 0.341 e. The number of carbonyl (C=O) groups excluding carboxylic acids is 1. The molecule has 22 heavy (non-hydrogen) atoms. The van der Waals surface area contributed by atoms with E-state index in [4.69, 9.17) is 4.74 Å². The minimum atomic E-state index is -0.930. The molecular formula is C19H32O3. The fraction of sp³-hybridized carbons (Fsp3) is 0.737. The summed E-state index contributed by atoms with van der Waals surface area (Å²) in [5.74, 6) is -0.296. The summed E-state index contributed by atoms with van der Waals surface area (Å²) in [6, 6.07) is 0. The van der Waals surface area contributed by atoms with E-state index in [1.165, 1.54) is 64.2 Å². The van der Waals surface area contributed by atoms with Crippen LogP contribution in [0.15, 0.2) is 24.0 Å². The number of rotatable bonds is 12. The van der Waals surface area contributed by atoms with Crippen LogP contribution in [0, 0.1) is 0 Å². The molecule has 0 amide bonds. The minimum Gasteiger partial charge on any atom is -0.425 e. The molecule has 0 aromatic rings. The molecule has 1 atom stereocenters. The quantitative estimate of drug-likeness (QED) is 0.312. The van der Waals surface area contributed by atoms with Crippen LogP contribution in [-0.4, -0.2) is 17.2 Å². The number of hydrogen-bond acceptors (Lipinski definition) is 3. The monoisotopic (exact) mass is 308 g/mol. The molecule has 0 aromatic carbocycles. The predicted molar refractivity (Wildman–Crippen MR) is 90.4 cm³/mol. The average molecular weight is 308 g/mol. The molecule has 1 fully saturated rings. The molecule has 126 valence electrons. The Kier molecular flexibility index (Phi) is 9.89. The number of hydrogen-bond donors (Lipinski definition) is 1. The lowest BCUT2D eigenvalue weighted by Crippen LogP contribution is -2.07. The number of ether oxygens (including phenoxy) is 1. The van der Waals surface area contributed by atoms with E-state index in [-0.39, 0.29) is 5.76 Å². The van der Waals surface area contributed by atoms with E-state index >= 15 is 0 Å². The van der Waals surface area contributed by atoms with Gasteiger partial charge in [-0.25, -0.2) is 4.79 Å². The topological polar surface area (TPSA) is 46.5 Å². The molecule has 0 saturated carbocycles. The number of allylic oxidation sites excluding steroid dienone is 1. The summed E-state index contributed by atoms with van der Waals surface area (Å²) in [6.07, 6.45) is 16.1. The fourth-order valence-corrected chi connectivity index (χ4v) is 2.78. The Labute approximate surface area is 135 Å². The summed E-state index contributed by atoms with van der Waals surface area (Å²) in [5.41, 5.74) is 0.358. The third-order valence-electron chi connectivity index (χ3n) is 4.23. The first-order valence-corrected chi connectivity index (χ1v) is 8.96. The molecule has 0 aliphatic carbocycles. The van der Waals surface area contributed by atoms with Gasteiger partial charge in [0.05, 0.1) is 5.57 Å². The molecule has 0 radical (unpaired) electrons. The van der Waals surface area contributed by atoms with Crippen LogP contribution in [0.3, 0.4) is 0 Å². The molecule has 1 N–H and O–H groups in total. The highest BCUT2D eigenvalue weighted by Crippen LogP contribution is 2.23. The van der Waals surface area contributed by atoms with Crippen LogP contribution in [0.5, 0.6) is 0 Å². The van der Waals surface area contributed by atoms with Gasteiger partial charge < -0.3 is 9.84 Å². The van der Waals surface area contributed by atoms with Gasteiger partial charge in [-0.2, -0.15) is 0 Å². The zero-order valence-corrected chi connectivity index (χ0v) is 14.1. The molecule has 0 aromatic heterocycles. The Morgan fingerprint density at radius 1 is 1.00 bits per heavy atom. The largest absolute Gasteiger partial charge is 0.425 e. The van der Waals surface area contributed by atoms with Gasteiger partial charge in [-0.1, -0.05) is 83.8 Å². The van der Waals surface area contributed by atoms with Gasteiger partial charge in [-0.05, 0) is 12.8 Å². The van der Waals surface area contributed by atoms with Crippen molar-refractivity contribution in [3.05, 3.63) is 24.0 Å². The van der Waals surface area contributed by atoms with Crippen molar-refractivity contribution in [2.24, 2.45) is 0 Å². The van der Waals surface area contributed by atoms with Gasteiger partial charge in [0.2, 0.25) is 0 Å². The second kappa shape index (κ2) is 11.5. The van der Waals surface area contributed by atoms with Gasteiger partial charge in [0.1, 0.15) is 11.9 Å². The second-order valence-electron chi connectivity index (χ2n) is 6.24. The van der Waals surface area contributed by atoms with E-state index in [0.29, 0.717) is 5.57 Å². The Morgan fingerprint density at radius 3 is 1.95 bits per heavy atom. The molecule has 1 rings (SSSR count). The number of aliphatic hydroxyl groups excluding tert-OH is 1. The lowest BCUT2D eigenvalue weighted by atomic mass is 10.0. The number of aliphatic hydroxyl groups is 1. The van der Waals surface area contributed by atoms with Gasteiger partial charge in [-0.3, -0.25) is 0 Å². The van der Waals surface area contributed by atoms with Crippen molar-refractivity contribution >= 4 is 5.97 Å². The van der Waals surface area contributed by atoms with E-state index in [2.05, 4.69) is 13.5 Å². The Hall–Kier alpha value is -1.09. The van der Waals surface area contributed by atoms with Crippen LogP contribution >= 0.6 is 0 Å². The van der Waals surface area contributed by atoms with E-state index in [1.807, 2.05) is 0 Å². The Bertz CT molecular complexity index is 371. The minimum absolute atomic E-state index is 0.148. The van der Waals surface area contributed by atoms with Gasteiger partial charge in [0.25, 0.3) is 0 Å². The van der Waals surface area contributed by atoms with Crippen molar-refractivity contribution < 1.29 is 14.6 Å². The standard InChI is InChI=1S/C19H32O3/c1-3-4-5-6-7-8-9-10-11-12-13-14-15-17-18(20)16(2)22-19(17)21/h15,18,20H,2-14H2,1H3/b17-15+. The van der Waals surface area contributed by atoms with Gasteiger partial charge >= 0.3 is 5.97 Å². The maximum atomic E-state index is 11.4. The lowest BCUT2D eigenvalue weighted by Gasteiger charge is -2.02. The first kappa shape index (κ1) is 19.0. The number of carbonyl (C=O) groups is 1. The summed E-state index contributed by atoms with van der Waals surface area (Å²) in [5, 5.41) is 9.69. The van der Waals surface area contributed by atoms with E-state index < -0.39 is 12.1 Å². The first-order chi connectivity index (χ1) is 10.7. The van der Waals surface area contributed by atoms with Crippen LogP contribution in [0.2, 0.25) is 0 Å². The van der Waals surface area contributed by atoms with Crippen molar-refractivity contribution in [3.8, 4) is 0 Å². The first-order valence-electron chi connectivity index (χ1n) is 8.96. The average Bonchev–Trinajstić information content (AvgIpc) is 2.74. The lowest BCUT2D eigenvalue weighted by molar-refractivity contribution is -0.132. The third kappa shape index (κ3) is 7.26. The summed E-state index contributed by atoms with van der Waals surface area (Å²) in [7, 11) is 0. The van der Waals surface area contributed by atoms with Crippen molar-refractivity contribution in [1.82, 2.24) is 0 Å². The van der Waals surface area contributed by atoms with E-state index in [0.717, 1.165) is 12.8 Å². The SMILES string of the molecule is C=C1OC(=O)/C(=C/CCCCCCCCCCCCC)C1O. The number of esters is 1. The van der Waals surface area contributed by atoms with Crippen LogP contribution in [0.1, 0.15) is 84.0 Å². The van der Waals surface area contributed by atoms with Crippen molar-refractivity contribution in [1.29, 1.82) is 0 Å². The molecule has 3 nitrogen and oxygen atoms in total. The summed E-state index contributed by atoms with van der Waals surface area (Å²) >= 11 is 0. The zero-order valence-electron chi connectivity index (χ0n) is 14.1. The Morgan fingerprint density at radius 2 is 1.50 bits per heavy atom. The number of cyclic esters (lactones) is 1. The fourth-order valence-electron chi connectivity index (χ4n) is 2.78. The van der Waals surface area contributed by atoms with E-state index in [1.54, 1.807) is 6.08 Å². The van der Waals surface area contributed by atoms with Gasteiger partial charge in [-0.15, -0.1) is 0 Å². The molecule has 1 heterocycles. The van der Waals surface area contributed by atoms with Crippen molar-refractivity contribution in [2.45, 2.75) is 90.1 Å². The van der Waals surface area contributed by atoms with Crippen molar-refractivity contribution in [3.63, 3.8) is 0 Å².